The lowest BCUT2D eigenvalue weighted by Crippen LogP contribution is -2.13. The van der Waals surface area contributed by atoms with Crippen molar-refractivity contribution in [3.63, 3.8) is 0 Å². The Kier molecular flexibility index (Phi) is 5.25. The van der Waals surface area contributed by atoms with Crippen molar-refractivity contribution in [1.82, 2.24) is 0 Å². The Morgan fingerprint density at radius 2 is 2.24 bits per heavy atom. The quantitative estimate of drug-likeness (QED) is 0.368. The summed E-state index contributed by atoms with van der Waals surface area (Å²) in [7, 11) is 0. The van der Waals surface area contributed by atoms with Gasteiger partial charge in [-0.1, -0.05) is 42.7 Å². The molecule has 0 aliphatic rings. The molecule has 4 nitrogen and oxygen atoms in total. The van der Waals surface area contributed by atoms with Gasteiger partial charge in [0.25, 0.3) is 0 Å². The van der Waals surface area contributed by atoms with Crippen LogP contribution in [0.25, 0.3) is 0 Å². The first-order chi connectivity index (χ1) is 8.04. The topological polar surface area (TPSA) is 67.8 Å². The van der Waals surface area contributed by atoms with E-state index >= 15 is 0 Å². The molecule has 0 spiro atoms. The van der Waals surface area contributed by atoms with Gasteiger partial charge in [0.05, 0.1) is 6.61 Å². The van der Waals surface area contributed by atoms with Gasteiger partial charge in [-0.15, -0.1) is 0 Å². The van der Waals surface area contributed by atoms with E-state index in [1.807, 2.05) is 6.07 Å². The Balaban J connectivity index is 2.70. The molecule has 0 amide bonds. The third-order valence-electron chi connectivity index (χ3n) is 2.17. The van der Waals surface area contributed by atoms with E-state index in [2.05, 4.69) is 19.0 Å². The van der Waals surface area contributed by atoms with E-state index in [0.717, 1.165) is 5.56 Å². The van der Waals surface area contributed by atoms with Crippen LogP contribution in [-0.4, -0.2) is 17.6 Å². The maximum Gasteiger partial charge on any atom is 0.170 e. The zero-order valence-electron chi connectivity index (χ0n) is 9.98. The van der Waals surface area contributed by atoms with Crippen LogP contribution in [0.1, 0.15) is 25.0 Å². The molecule has 0 aromatic heterocycles. The second kappa shape index (κ2) is 6.47. The van der Waals surface area contributed by atoms with Crippen molar-refractivity contribution in [3.05, 3.63) is 34.3 Å². The second-order valence-corrected chi connectivity index (χ2v) is 4.61. The summed E-state index contributed by atoms with van der Waals surface area (Å²) in [6.07, 6.45) is 0. The summed E-state index contributed by atoms with van der Waals surface area (Å²) < 4.78 is 5.49. The molecule has 1 aromatic rings. The Morgan fingerprint density at radius 1 is 1.53 bits per heavy atom. The molecule has 1 rings (SSSR count). The van der Waals surface area contributed by atoms with Crippen LogP contribution in [0.4, 0.5) is 0 Å². The molecule has 0 heterocycles. The summed E-state index contributed by atoms with van der Waals surface area (Å²) in [6, 6.07) is 5.22. The molecule has 0 fully saturated rings. The van der Waals surface area contributed by atoms with Gasteiger partial charge in [0, 0.05) is 17.2 Å². The van der Waals surface area contributed by atoms with Crippen molar-refractivity contribution in [2.45, 2.75) is 20.5 Å². The van der Waals surface area contributed by atoms with Crippen LogP contribution in [0, 0.1) is 5.92 Å². The van der Waals surface area contributed by atoms with E-state index in [4.69, 9.17) is 27.3 Å². The largest absolute Gasteiger partial charge is 0.409 e. The zero-order valence-corrected chi connectivity index (χ0v) is 10.7. The molecule has 0 saturated carbocycles. The molecule has 0 atom stereocenters. The van der Waals surface area contributed by atoms with Gasteiger partial charge in [-0.25, -0.2) is 0 Å². The number of rotatable bonds is 5. The first-order valence-electron chi connectivity index (χ1n) is 5.38. The molecule has 0 aliphatic heterocycles. The molecule has 0 saturated heterocycles. The van der Waals surface area contributed by atoms with Crippen molar-refractivity contribution in [2.24, 2.45) is 16.8 Å². The summed E-state index contributed by atoms with van der Waals surface area (Å²) in [5.41, 5.74) is 6.94. The minimum absolute atomic E-state index is 0.0431. The highest BCUT2D eigenvalue weighted by molar-refractivity contribution is 6.31. The highest BCUT2D eigenvalue weighted by Gasteiger charge is 2.05. The molecule has 0 unspecified atom stereocenters. The van der Waals surface area contributed by atoms with E-state index in [0.29, 0.717) is 29.7 Å². The monoisotopic (exact) mass is 256 g/mol. The zero-order chi connectivity index (χ0) is 12.8. The molecule has 5 heteroatoms. The lowest BCUT2D eigenvalue weighted by molar-refractivity contribution is 0.0971. The maximum absolute atomic E-state index is 8.55. The number of amidine groups is 1. The number of benzene rings is 1. The molecule has 1 aromatic carbocycles. The summed E-state index contributed by atoms with van der Waals surface area (Å²) in [4.78, 5) is 0. The number of hydrogen-bond acceptors (Lipinski definition) is 3. The van der Waals surface area contributed by atoms with Gasteiger partial charge in [0.15, 0.2) is 5.84 Å². The van der Waals surface area contributed by atoms with Gasteiger partial charge in [-0.3, -0.25) is 0 Å². The molecule has 94 valence electrons. The lowest BCUT2D eigenvalue weighted by Gasteiger charge is -2.09. The van der Waals surface area contributed by atoms with Crippen LogP contribution in [0.3, 0.4) is 0 Å². The van der Waals surface area contributed by atoms with Crippen molar-refractivity contribution in [1.29, 1.82) is 0 Å². The van der Waals surface area contributed by atoms with Crippen molar-refractivity contribution in [3.8, 4) is 0 Å². The Labute approximate surface area is 106 Å². The number of oxime groups is 1. The molecule has 17 heavy (non-hydrogen) atoms. The Bertz CT molecular complexity index is 405. The minimum Gasteiger partial charge on any atom is -0.409 e. The molecular weight excluding hydrogens is 240 g/mol. The van der Waals surface area contributed by atoms with Gasteiger partial charge >= 0.3 is 0 Å². The van der Waals surface area contributed by atoms with Crippen LogP contribution in [0.15, 0.2) is 23.4 Å². The predicted octanol–water partition coefficient (Wildman–Crippen LogP) is 2.61. The Morgan fingerprint density at radius 3 is 2.76 bits per heavy atom. The van der Waals surface area contributed by atoms with Gasteiger partial charge in [0.2, 0.25) is 0 Å². The van der Waals surface area contributed by atoms with Gasteiger partial charge in [-0.2, -0.15) is 0 Å². The van der Waals surface area contributed by atoms with Crippen LogP contribution in [0.5, 0.6) is 0 Å². The Hall–Kier alpha value is -1.26. The number of ether oxygens (including phenoxy) is 1. The highest BCUT2D eigenvalue weighted by Crippen LogP contribution is 2.19. The average molecular weight is 257 g/mol. The average Bonchev–Trinajstić information content (AvgIpc) is 2.29. The third-order valence-corrected chi connectivity index (χ3v) is 2.52. The normalized spacial score (nSPS) is 12.1. The van der Waals surface area contributed by atoms with Gasteiger partial charge < -0.3 is 15.7 Å². The van der Waals surface area contributed by atoms with Gasteiger partial charge in [-0.05, 0) is 17.5 Å². The molecule has 0 bridgehead atoms. The van der Waals surface area contributed by atoms with Crippen molar-refractivity contribution in [2.75, 3.05) is 6.61 Å². The molecule has 3 N–H and O–H groups in total. The smallest absolute Gasteiger partial charge is 0.170 e. The molecule has 0 aliphatic carbocycles. The van der Waals surface area contributed by atoms with Crippen molar-refractivity contribution >= 4 is 17.4 Å². The fourth-order valence-electron chi connectivity index (χ4n) is 1.29. The predicted molar refractivity (Wildman–Crippen MR) is 68.5 cm³/mol. The standard InChI is InChI=1S/C12H17ClN2O2/c1-8(2)6-17-7-10-4-3-9(5-11(10)13)12(14)15-16/h3-5,8,16H,6-7H2,1-2H3,(H2,14,15). The van der Waals surface area contributed by atoms with E-state index < -0.39 is 0 Å². The van der Waals surface area contributed by atoms with Crippen LogP contribution in [0.2, 0.25) is 5.02 Å². The SMILES string of the molecule is CC(C)COCc1ccc(/C(N)=N/O)cc1Cl. The summed E-state index contributed by atoms with van der Waals surface area (Å²) in [5.74, 6) is 0.534. The fourth-order valence-corrected chi connectivity index (χ4v) is 1.52. The van der Waals surface area contributed by atoms with Crippen LogP contribution in [-0.2, 0) is 11.3 Å². The minimum atomic E-state index is 0.0431. The molecule has 0 radical (unpaired) electrons. The summed E-state index contributed by atoms with van der Waals surface area (Å²) >= 11 is 6.07. The van der Waals surface area contributed by atoms with E-state index in [9.17, 15) is 0 Å². The number of halogens is 1. The first kappa shape index (κ1) is 13.8. The summed E-state index contributed by atoms with van der Waals surface area (Å²) in [6.45, 7) is 5.33. The van der Waals surface area contributed by atoms with Gasteiger partial charge in [0.1, 0.15) is 0 Å². The van der Waals surface area contributed by atoms with Crippen molar-refractivity contribution < 1.29 is 9.94 Å². The fraction of sp³-hybridized carbons (Fsp3) is 0.417. The number of nitrogens with two attached hydrogens (primary N) is 1. The maximum atomic E-state index is 8.55. The van der Waals surface area contributed by atoms with E-state index in [1.54, 1.807) is 12.1 Å². The molecular formula is C12H17ClN2O2. The van der Waals surface area contributed by atoms with E-state index in [1.165, 1.54) is 0 Å². The number of hydrogen-bond donors (Lipinski definition) is 2. The lowest BCUT2D eigenvalue weighted by atomic mass is 10.1. The highest BCUT2D eigenvalue weighted by atomic mass is 35.5. The van der Waals surface area contributed by atoms with E-state index in [-0.39, 0.29) is 5.84 Å². The summed E-state index contributed by atoms with van der Waals surface area (Å²) in [5, 5.41) is 12.0. The van der Waals surface area contributed by atoms with Crippen LogP contribution >= 0.6 is 11.6 Å². The third kappa shape index (κ3) is 4.24. The second-order valence-electron chi connectivity index (χ2n) is 4.20. The van der Waals surface area contributed by atoms with Crippen LogP contribution < -0.4 is 5.73 Å². The first-order valence-corrected chi connectivity index (χ1v) is 5.76. The number of nitrogens with zero attached hydrogens (tertiary/aromatic N) is 1.